The van der Waals surface area contributed by atoms with E-state index in [9.17, 15) is 9.90 Å². The van der Waals surface area contributed by atoms with Gasteiger partial charge in [0, 0.05) is 23.7 Å². The van der Waals surface area contributed by atoms with Crippen LogP contribution in [0.25, 0.3) is 11.1 Å². The average molecular weight is 439 g/mol. The number of hydrogen-bond donors (Lipinski definition) is 2. The first-order chi connectivity index (χ1) is 16.2. The highest BCUT2D eigenvalue weighted by molar-refractivity contribution is 6.01. The molecular formula is C29H30N2O2. The molecule has 4 nitrogen and oxygen atoms in total. The molecule has 1 saturated heterocycles. The van der Waals surface area contributed by atoms with Crippen molar-refractivity contribution in [2.75, 3.05) is 6.54 Å². The van der Waals surface area contributed by atoms with E-state index < -0.39 is 0 Å². The molecule has 0 saturated carbocycles. The number of nitrogens with zero attached hydrogens (tertiary/aromatic N) is 1. The number of rotatable bonds is 5. The number of fused-ring (bicyclic) bond motifs is 2. The SMILES string of the molecule is CCN1C2=CCC(NC(=O)c3ccccc3-c3ccccc3CO)C=C2CC2C=CC=CC21. The van der Waals surface area contributed by atoms with Crippen molar-refractivity contribution in [3.63, 3.8) is 0 Å². The third kappa shape index (κ3) is 4.07. The minimum Gasteiger partial charge on any atom is -0.392 e. The number of allylic oxidation sites excluding steroid dienone is 3. The van der Waals surface area contributed by atoms with E-state index in [-0.39, 0.29) is 18.6 Å². The summed E-state index contributed by atoms with van der Waals surface area (Å²) < 4.78 is 0. The van der Waals surface area contributed by atoms with Gasteiger partial charge in [-0.1, -0.05) is 78.9 Å². The Balaban J connectivity index is 1.38. The molecule has 1 heterocycles. The Morgan fingerprint density at radius 2 is 1.82 bits per heavy atom. The summed E-state index contributed by atoms with van der Waals surface area (Å²) in [6, 6.07) is 15.7. The van der Waals surface area contributed by atoms with Crippen molar-refractivity contribution >= 4 is 5.91 Å². The van der Waals surface area contributed by atoms with Crippen molar-refractivity contribution in [1.29, 1.82) is 0 Å². The zero-order chi connectivity index (χ0) is 22.8. The molecule has 4 heteroatoms. The van der Waals surface area contributed by atoms with Crippen molar-refractivity contribution < 1.29 is 9.90 Å². The van der Waals surface area contributed by atoms with E-state index in [4.69, 9.17) is 0 Å². The average Bonchev–Trinajstić information content (AvgIpc) is 2.87. The molecule has 3 atom stereocenters. The van der Waals surface area contributed by atoms with E-state index in [0.717, 1.165) is 36.1 Å². The third-order valence-corrected chi connectivity index (χ3v) is 6.94. The van der Waals surface area contributed by atoms with Crippen LogP contribution in [0, 0.1) is 5.92 Å². The first-order valence-electron chi connectivity index (χ1n) is 11.8. The number of hydrogen-bond acceptors (Lipinski definition) is 3. The lowest BCUT2D eigenvalue weighted by atomic mass is 9.79. The second-order valence-corrected chi connectivity index (χ2v) is 8.87. The van der Waals surface area contributed by atoms with Crippen LogP contribution in [0.15, 0.2) is 96.3 Å². The van der Waals surface area contributed by atoms with Gasteiger partial charge in [0.2, 0.25) is 0 Å². The predicted octanol–water partition coefficient (Wildman–Crippen LogP) is 4.99. The maximum atomic E-state index is 13.4. The summed E-state index contributed by atoms with van der Waals surface area (Å²) in [6.07, 6.45) is 15.2. The second kappa shape index (κ2) is 9.24. The molecule has 0 radical (unpaired) electrons. The van der Waals surface area contributed by atoms with E-state index in [2.05, 4.69) is 53.6 Å². The molecule has 5 rings (SSSR count). The highest BCUT2D eigenvalue weighted by Crippen LogP contribution is 2.39. The van der Waals surface area contributed by atoms with E-state index >= 15 is 0 Å². The van der Waals surface area contributed by atoms with Gasteiger partial charge in [0.15, 0.2) is 0 Å². The Labute approximate surface area is 195 Å². The van der Waals surface area contributed by atoms with Crippen LogP contribution in [0.1, 0.15) is 35.7 Å². The standard InChI is InChI=1S/C29H30N2O2/c1-2-31-27-14-8-4-9-20(27)17-22-18-23(15-16-28(22)31)30-29(33)26-13-7-6-12-25(26)24-11-5-3-10-21(24)19-32/h3-14,16,18,20,23,27,32H,2,15,17,19H2,1H3,(H,30,33). The fraction of sp³-hybridized carbons (Fsp3) is 0.276. The van der Waals surface area contributed by atoms with Gasteiger partial charge in [-0.2, -0.15) is 0 Å². The number of aliphatic hydroxyl groups excluding tert-OH is 1. The number of aliphatic hydroxyl groups is 1. The zero-order valence-electron chi connectivity index (χ0n) is 18.9. The number of likely N-dealkylation sites (tertiary alicyclic amines) is 1. The highest BCUT2D eigenvalue weighted by Gasteiger charge is 2.35. The molecule has 2 aromatic rings. The molecule has 0 bridgehead atoms. The monoisotopic (exact) mass is 438 g/mol. The molecule has 1 amide bonds. The Kier molecular flexibility index (Phi) is 6.01. The van der Waals surface area contributed by atoms with Gasteiger partial charge in [0.1, 0.15) is 0 Å². The van der Waals surface area contributed by atoms with Gasteiger partial charge in [-0.25, -0.2) is 0 Å². The number of nitrogens with one attached hydrogen (secondary N) is 1. The molecule has 33 heavy (non-hydrogen) atoms. The van der Waals surface area contributed by atoms with Crippen LogP contribution in [-0.4, -0.2) is 34.5 Å². The fourth-order valence-corrected chi connectivity index (χ4v) is 5.38. The third-order valence-electron chi connectivity index (χ3n) is 6.94. The van der Waals surface area contributed by atoms with Gasteiger partial charge in [0.05, 0.1) is 18.7 Å². The maximum absolute atomic E-state index is 13.4. The summed E-state index contributed by atoms with van der Waals surface area (Å²) in [5.74, 6) is 0.391. The largest absolute Gasteiger partial charge is 0.392 e. The number of benzene rings is 2. The summed E-state index contributed by atoms with van der Waals surface area (Å²) in [5.41, 5.74) is 5.83. The van der Waals surface area contributed by atoms with Crippen LogP contribution in [0.5, 0.6) is 0 Å². The van der Waals surface area contributed by atoms with Gasteiger partial charge >= 0.3 is 0 Å². The molecule has 3 aliphatic rings. The fourth-order valence-electron chi connectivity index (χ4n) is 5.38. The molecule has 3 unspecified atom stereocenters. The Hall–Kier alpha value is -3.37. The van der Waals surface area contributed by atoms with Crippen LogP contribution in [0.2, 0.25) is 0 Å². The van der Waals surface area contributed by atoms with Gasteiger partial charge in [-0.3, -0.25) is 4.79 Å². The number of amides is 1. The molecule has 0 aromatic heterocycles. The van der Waals surface area contributed by atoms with Crippen molar-refractivity contribution in [2.24, 2.45) is 5.92 Å². The molecule has 1 aliphatic heterocycles. The summed E-state index contributed by atoms with van der Waals surface area (Å²) in [5, 5.41) is 13.0. The molecule has 0 spiro atoms. The minimum atomic E-state index is -0.0847. The van der Waals surface area contributed by atoms with E-state index in [1.165, 1.54) is 11.3 Å². The molecule has 2 aromatic carbocycles. The van der Waals surface area contributed by atoms with Gasteiger partial charge in [-0.15, -0.1) is 0 Å². The quantitative estimate of drug-likeness (QED) is 0.691. The second-order valence-electron chi connectivity index (χ2n) is 8.87. The van der Waals surface area contributed by atoms with Crippen LogP contribution < -0.4 is 5.32 Å². The summed E-state index contributed by atoms with van der Waals surface area (Å²) in [7, 11) is 0. The number of likely N-dealkylation sites (N-methyl/N-ethyl adjacent to an activating group) is 1. The highest BCUT2D eigenvalue weighted by atomic mass is 16.3. The van der Waals surface area contributed by atoms with E-state index in [1.807, 2.05) is 48.5 Å². The lowest BCUT2D eigenvalue weighted by molar-refractivity contribution is 0.0944. The van der Waals surface area contributed by atoms with Crippen molar-refractivity contribution in [1.82, 2.24) is 10.2 Å². The number of carbonyl (C=O) groups is 1. The summed E-state index contributed by atoms with van der Waals surface area (Å²) in [6.45, 7) is 3.12. The molecule has 168 valence electrons. The van der Waals surface area contributed by atoms with Crippen LogP contribution in [0.3, 0.4) is 0 Å². The van der Waals surface area contributed by atoms with Crippen molar-refractivity contribution in [3.05, 3.63) is 107 Å². The maximum Gasteiger partial charge on any atom is 0.252 e. The van der Waals surface area contributed by atoms with Crippen LogP contribution in [0.4, 0.5) is 0 Å². The lowest BCUT2D eigenvalue weighted by Crippen LogP contribution is -2.45. The van der Waals surface area contributed by atoms with Gasteiger partial charge in [0.25, 0.3) is 5.91 Å². The van der Waals surface area contributed by atoms with E-state index in [0.29, 0.717) is 17.5 Å². The smallest absolute Gasteiger partial charge is 0.252 e. The Bertz CT molecular complexity index is 1170. The molecule has 2 aliphatic carbocycles. The van der Waals surface area contributed by atoms with Crippen molar-refractivity contribution in [2.45, 2.75) is 38.5 Å². The Morgan fingerprint density at radius 1 is 1.06 bits per heavy atom. The lowest BCUT2D eigenvalue weighted by Gasteiger charge is -2.45. The van der Waals surface area contributed by atoms with Gasteiger partial charge in [-0.05, 0) is 48.1 Å². The first kappa shape index (κ1) is 21.5. The number of piperidine rings is 1. The molecule has 1 fully saturated rings. The zero-order valence-corrected chi connectivity index (χ0v) is 18.9. The minimum absolute atomic E-state index is 0.0317. The molecular weight excluding hydrogens is 408 g/mol. The first-order valence-corrected chi connectivity index (χ1v) is 11.8. The number of carbonyl (C=O) groups excluding carboxylic acids is 1. The molecule has 2 N–H and O–H groups in total. The normalized spacial score (nSPS) is 23.3. The van der Waals surface area contributed by atoms with Gasteiger partial charge < -0.3 is 15.3 Å². The topological polar surface area (TPSA) is 52.6 Å². The van der Waals surface area contributed by atoms with Crippen molar-refractivity contribution in [3.8, 4) is 11.1 Å². The van der Waals surface area contributed by atoms with Crippen LogP contribution in [-0.2, 0) is 6.61 Å². The Morgan fingerprint density at radius 3 is 2.64 bits per heavy atom. The summed E-state index contributed by atoms with van der Waals surface area (Å²) in [4.78, 5) is 15.8. The summed E-state index contributed by atoms with van der Waals surface area (Å²) >= 11 is 0. The predicted molar refractivity (Wildman–Crippen MR) is 132 cm³/mol. The van der Waals surface area contributed by atoms with E-state index in [1.54, 1.807) is 0 Å². The van der Waals surface area contributed by atoms with Crippen LogP contribution >= 0.6 is 0 Å².